The Bertz CT molecular complexity index is 1300. The Morgan fingerprint density at radius 1 is 1.07 bits per heavy atom. The number of carbonyl (C=O) groups excluding carboxylic acids is 1. The molecule has 0 fully saturated rings. The van der Waals surface area contributed by atoms with Crippen LogP contribution in [0.4, 0.5) is 4.39 Å². The van der Waals surface area contributed by atoms with Crippen LogP contribution < -0.4 is 5.43 Å². The zero-order chi connectivity index (χ0) is 20.1. The fraction of sp³-hybridized carbons (Fsp3) is 0.0909. The van der Waals surface area contributed by atoms with Gasteiger partial charge in [0.2, 0.25) is 5.76 Å². The average Bonchev–Trinajstić information content (AvgIpc) is 3.32. The van der Waals surface area contributed by atoms with Crippen molar-refractivity contribution in [3.8, 4) is 0 Å². The molecular formula is C22H13ClFNO4. The molecule has 1 amide bonds. The van der Waals surface area contributed by atoms with E-state index in [4.69, 9.17) is 20.4 Å². The lowest BCUT2D eigenvalue weighted by atomic mass is 9.98. The van der Waals surface area contributed by atoms with Gasteiger partial charge in [-0.25, -0.2) is 4.39 Å². The predicted octanol–water partition coefficient (Wildman–Crippen LogP) is 4.92. The molecule has 3 heterocycles. The highest BCUT2D eigenvalue weighted by atomic mass is 35.5. The number of nitrogens with zero attached hydrogens (tertiary/aromatic N) is 1. The lowest BCUT2D eigenvalue weighted by molar-refractivity contribution is 0.0701. The number of benzene rings is 2. The highest BCUT2D eigenvalue weighted by Gasteiger charge is 2.43. The summed E-state index contributed by atoms with van der Waals surface area (Å²) < 4.78 is 24.9. The van der Waals surface area contributed by atoms with Crippen molar-refractivity contribution in [3.05, 3.63) is 105 Å². The van der Waals surface area contributed by atoms with E-state index >= 15 is 0 Å². The molecule has 0 radical (unpaired) electrons. The molecule has 2 aromatic carbocycles. The van der Waals surface area contributed by atoms with Crippen LogP contribution in [0.25, 0.3) is 11.0 Å². The molecule has 5 nitrogen and oxygen atoms in total. The first-order valence-electron chi connectivity index (χ1n) is 8.88. The van der Waals surface area contributed by atoms with Crippen molar-refractivity contribution in [2.45, 2.75) is 12.6 Å². The van der Waals surface area contributed by atoms with E-state index in [2.05, 4.69) is 0 Å². The minimum atomic E-state index is -0.705. The Labute approximate surface area is 168 Å². The van der Waals surface area contributed by atoms with Crippen LogP contribution in [0.1, 0.15) is 33.5 Å². The molecule has 0 saturated carbocycles. The van der Waals surface area contributed by atoms with Gasteiger partial charge in [-0.1, -0.05) is 23.7 Å². The molecule has 4 aromatic rings. The Kier molecular flexibility index (Phi) is 4.03. The molecule has 2 aromatic heterocycles. The summed E-state index contributed by atoms with van der Waals surface area (Å²) in [6.07, 6.45) is 1.51. The molecule has 0 N–H and O–H groups in total. The minimum Gasteiger partial charge on any atom is -0.467 e. The average molecular weight is 410 g/mol. The molecule has 0 saturated heterocycles. The molecule has 0 aliphatic carbocycles. The van der Waals surface area contributed by atoms with Gasteiger partial charge in [0.25, 0.3) is 5.91 Å². The van der Waals surface area contributed by atoms with Crippen molar-refractivity contribution in [3.63, 3.8) is 0 Å². The van der Waals surface area contributed by atoms with Gasteiger partial charge in [-0.05, 0) is 48.0 Å². The van der Waals surface area contributed by atoms with Crippen molar-refractivity contribution < 1.29 is 18.0 Å². The quantitative estimate of drug-likeness (QED) is 0.481. The Morgan fingerprint density at radius 3 is 2.59 bits per heavy atom. The molecule has 144 valence electrons. The Hall–Kier alpha value is -3.38. The van der Waals surface area contributed by atoms with E-state index in [1.54, 1.807) is 36.4 Å². The Morgan fingerprint density at radius 2 is 1.86 bits per heavy atom. The summed E-state index contributed by atoms with van der Waals surface area (Å²) in [5.41, 5.74) is 0.604. The third kappa shape index (κ3) is 2.84. The molecule has 0 bridgehead atoms. The third-order valence-electron chi connectivity index (χ3n) is 5.02. The van der Waals surface area contributed by atoms with E-state index in [0.29, 0.717) is 16.3 Å². The number of carbonyl (C=O) groups is 1. The second kappa shape index (κ2) is 6.60. The number of hydrogen-bond acceptors (Lipinski definition) is 4. The van der Waals surface area contributed by atoms with Gasteiger partial charge >= 0.3 is 0 Å². The van der Waals surface area contributed by atoms with Crippen LogP contribution in [0.3, 0.4) is 0 Å². The maximum Gasteiger partial charge on any atom is 0.291 e. The first-order valence-corrected chi connectivity index (χ1v) is 9.26. The second-order valence-corrected chi connectivity index (χ2v) is 7.22. The standard InChI is InChI=1S/C22H13ClFNO4/c23-13-5-3-12(4-6-13)19-18-20(26)16-10-14(24)7-8-17(16)29-21(18)22(27)25(19)11-15-2-1-9-28-15/h1-10,19H,11H2. The van der Waals surface area contributed by atoms with Crippen LogP contribution in [-0.2, 0) is 6.54 Å². The first-order chi connectivity index (χ1) is 14.0. The van der Waals surface area contributed by atoms with Crippen molar-refractivity contribution in [1.29, 1.82) is 0 Å². The monoisotopic (exact) mass is 409 g/mol. The minimum absolute atomic E-state index is 0.0411. The predicted molar refractivity (Wildman–Crippen MR) is 104 cm³/mol. The zero-order valence-corrected chi connectivity index (χ0v) is 15.7. The van der Waals surface area contributed by atoms with Gasteiger partial charge in [0.05, 0.1) is 29.8 Å². The van der Waals surface area contributed by atoms with Crippen LogP contribution in [0.15, 0.2) is 74.5 Å². The summed E-state index contributed by atoms with van der Waals surface area (Å²) in [7, 11) is 0. The van der Waals surface area contributed by atoms with Gasteiger partial charge in [0.15, 0.2) is 5.43 Å². The molecule has 0 spiro atoms. The van der Waals surface area contributed by atoms with Crippen LogP contribution in [0, 0.1) is 5.82 Å². The molecule has 1 aliphatic heterocycles. The molecule has 1 atom stereocenters. The van der Waals surface area contributed by atoms with Crippen molar-refractivity contribution in [1.82, 2.24) is 4.90 Å². The maximum absolute atomic E-state index is 13.8. The summed E-state index contributed by atoms with van der Waals surface area (Å²) in [5, 5.41) is 0.624. The van der Waals surface area contributed by atoms with Gasteiger partial charge in [-0.3, -0.25) is 9.59 Å². The highest BCUT2D eigenvalue weighted by molar-refractivity contribution is 6.30. The van der Waals surface area contributed by atoms with Crippen molar-refractivity contribution in [2.24, 2.45) is 0 Å². The van der Waals surface area contributed by atoms with Gasteiger partial charge in [-0.2, -0.15) is 0 Å². The van der Waals surface area contributed by atoms with Gasteiger partial charge in [0, 0.05) is 5.02 Å². The molecule has 7 heteroatoms. The van der Waals surface area contributed by atoms with Crippen LogP contribution in [0.2, 0.25) is 5.02 Å². The molecule has 1 unspecified atom stereocenters. The molecule has 1 aliphatic rings. The SMILES string of the molecule is O=C1c2oc3ccc(F)cc3c(=O)c2C(c2ccc(Cl)cc2)N1Cc1ccco1. The number of fused-ring (bicyclic) bond motifs is 2. The molecular weight excluding hydrogens is 397 g/mol. The molecule has 5 rings (SSSR count). The lowest BCUT2D eigenvalue weighted by Gasteiger charge is -2.24. The fourth-order valence-electron chi connectivity index (χ4n) is 3.72. The zero-order valence-electron chi connectivity index (χ0n) is 14.9. The largest absolute Gasteiger partial charge is 0.467 e. The van der Waals surface area contributed by atoms with Crippen LogP contribution in [-0.4, -0.2) is 10.8 Å². The van der Waals surface area contributed by atoms with Crippen LogP contribution in [0.5, 0.6) is 0 Å². The maximum atomic E-state index is 13.8. The number of furan rings is 1. The van der Waals surface area contributed by atoms with E-state index in [0.717, 1.165) is 6.07 Å². The lowest BCUT2D eigenvalue weighted by Crippen LogP contribution is -2.29. The smallest absolute Gasteiger partial charge is 0.291 e. The summed E-state index contributed by atoms with van der Waals surface area (Å²) in [6.45, 7) is 0.146. The van der Waals surface area contributed by atoms with E-state index in [1.807, 2.05) is 0 Å². The number of hydrogen-bond donors (Lipinski definition) is 0. The number of rotatable bonds is 3. The summed E-state index contributed by atoms with van der Waals surface area (Å²) >= 11 is 6.01. The summed E-state index contributed by atoms with van der Waals surface area (Å²) in [4.78, 5) is 28.0. The topological polar surface area (TPSA) is 63.7 Å². The fourth-order valence-corrected chi connectivity index (χ4v) is 3.84. The number of amides is 1. The summed E-state index contributed by atoms with van der Waals surface area (Å²) in [6, 6.07) is 13.3. The first kappa shape index (κ1) is 17.7. The summed E-state index contributed by atoms with van der Waals surface area (Å²) in [5.74, 6) is -0.460. The van der Waals surface area contributed by atoms with E-state index in [1.165, 1.54) is 23.3 Å². The van der Waals surface area contributed by atoms with E-state index in [-0.39, 0.29) is 28.8 Å². The highest BCUT2D eigenvalue weighted by Crippen LogP contribution is 2.39. The third-order valence-corrected chi connectivity index (χ3v) is 5.27. The normalized spacial score (nSPS) is 15.9. The van der Waals surface area contributed by atoms with E-state index < -0.39 is 23.2 Å². The van der Waals surface area contributed by atoms with Crippen molar-refractivity contribution in [2.75, 3.05) is 0 Å². The second-order valence-electron chi connectivity index (χ2n) is 6.78. The Balaban J connectivity index is 1.75. The van der Waals surface area contributed by atoms with Crippen molar-refractivity contribution >= 4 is 28.5 Å². The van der Waals surface area contributed by atoms with Crippen LogP contribution >= 0.6 is 11.6 Å². The van der Waals surface area contributed by atoms with Gasteiger partial charge in [0.1, 0.15) is 17.2 Å². The van der Waals surface area contributed by atoms with Gasteiger partial charge in [-0.15, -0.1) is 0 Å². The molecule has 29 heavy (non-hydrogen) atoms. The van der Waals surface area contributed by atoms with E-state index in [9.17, 15) is 14.0 Å². The number of halogens is 2. The van der Waals surface area contributed by atoms with Gasteiger partial charge < -0.3 is 13.7 Å².